The van der Waals surface area contributed by atoms with Crippen molar-refractivity contribution in [2.45, 2.75) is 38.0 Å². The summed E-state index contributed by atoms with van der Waals surface area (Å²) >= 11 is 0. The van der Waals surface area contributed by atoms with Crippen LogP contribution in [0.25, 0.3) is 22.0 Å². The number of aliphatic hydroxyl groups is 1. The van der Waals surface area contributed by atoms with Crippen LogP contribution in [-0.4, -0.2) is 26.5 Å². The molecule has 3 aromatic rings. The van der Waals surface area contributed by atoms with Gasteiger partial charge in [-0.05, 0) is 31.0 Å². The van der Waals surface area contributed by atoms with Gasteiger partial charge in [-0.3, -0.25) is 0 Å². The average Bonchev–Trinajstić information content (AvgIpc) is 3.13. The highest BCUT2D eigenvalue weighted by atomic mass is 19.4. The zero-order valence-corrected chi connectivity index (χ0v) is 14.9. The fraction of sp³-hybridized carbons (Fsp3) is 0.300. The van der Waals surface area contributed by atoms with Crippen LogP contribution in [0.15, 0.2) is 42.5 Å². The van der Waals surface area contributed by atoms with Crippen molar-refractivity contribution in [2.75, 3.05) is 5.73 Å². The first-order valence-electron chi connectivity index (χ1n) is 8.87. The normalized spacial score (nSPS) is 14.7. The predicted molar refractivity (Wildman–Crippen MR) is 101 cm³/mol. The van der Waals surface area contributed by atoms with E-state index in [9.17, 15) is 18.3 Å². The van der Waals surface area contributed by atoms with Gasteiger partial charge in [-0.25, -0.2) is 0 Å². The highest BCUT2D eigenvalue weighted by molar-refractivity contribution is 6.00. The molecule has 0 bridgehead atoms. The fourth-order valence-electron chi connectivity index (χ4n) is 3.14. The van der Waals surface area contributed by atoms with Gasteiger partial charge in [-0.1, -0.05) is 37.1 Å². The van der Waals surface area contributed by atoms with E-state index in [1.165, 1.54) is 18.9 Å². The van der Waals surface area contributed by atoms with E-state index < -0.39 is 17.5 Å². The van der Waals surface area contributed by atoms with Crippen LogP contribution in [0.4, 0.5) is 19.0 Å². The number of alkyl halides is 3. The summed E-state index contributed by atoms with van der Waals surface area (Å²) in [7, 11) is 0. The molecule has 1 fully saturated rings. The lowest BCUT2D eigenvalue weighted by Crippen LogP contribution is -2.04. The second kappa shape index (κ2) is 8.02. The predicted octanol–water partition coefficient (Wildman–Crippen LogP) is 4.52. The molecule has 0 aliphatic heterocycles. The van der Waals surface area contributed by atoms with Crippen LogP contribution < -0.4 is 5.73 Å². The number of rotatable bonds is 1. The Morgan fingerprint density at radius 1 is 0.964 bits per heavy atom. The Hall–Kier alpha value is -2.87. The van der Waals surface area contributed by atoms with Crippen LogP contribution in [0.5, 0.6) is 5.75 Å². The maximum absolute atomic E-state index is 12.7. The number of halogens is 3. The molecule has 1 aromatic heterocycles. The minimum Gasteiger partial charge on any atom is -0.507 e. The molecule has 0 saturated heterocycles. The van der Waals surface area contributed by atoms with Crippen LogP contribution in [-0.2, 0) is 6.18 Å². The van der Waals surface area contributed by atoms with E-state index in [0.29, 0.717) is 16.8 Å². The lowest BCUT2D eigenvalue weighted by Gasteiger charge is -2.11. The number of nitrogens with zero attached hydrogens (tertiary/aromatic N) is 2. The molecule has 1 aliphatic carbocycles. The Kier molecular flexibility index (Phi) is 5.69. The number of anilines is 1. The lowest BCUT2D eigenvalue weighted by atomic mass is 10.0. The first kappa shape index (κ1) is 19.9. The number of phenols is 1. The average molecular weight is 391 g/mol. The Labute approximate surface area is 159 Å². The molecule has 1 heterocycles. The highest BCUT2D eigenvalue weighted by Crippen LogP contribution is 2.38. The van der Waals surface area contributed by atoms with Crippen molar-refractivity contribution in [3.63, 3.8) is 0 Å². The third-order valence-electron chi connectivity index (χ3n) is 4.62. The number of phenolic OH excluding ortho intramolecular Hbond substituents is 1. The first-order valence-corrected chi connectivity index (χ1v) is 8.87. The van der Waals surface area contributed by atoms with Gasteiger partial charge in [-0.15, -0.1) is 10.2 Å². The van der Waals surface area contributed by atoms with Gasteiger partial charge in [-0.2, -0.15) is 13.2 Å². The molecule has 5 nitrogen and oxygen atoms in total. The molecule has 4 N–H and O–H groups in total. The standard InChI is InChI=1S/C15H10F3N3O.C5H10O/c16-15(17,18)8-5-6-11(12(22)7-8)13-9-3-1-2-4-10(9)14(19)21-20-13;6-5-3-1-2-4-5/h1-7,22H,(H2,19,21);5-6H,1-4H2. The van der Waals surface area contributed by atoms with Crippen molar-refractivity contribution in [1.29, 1.82) is 0 Å². The third kappa shape index (κ3) is 4.33. The van der Waals surface area contributed by atoms with Gasteiger partial charge in [0.1, 0.15) is 11.4 Å². The number of nitrogen functional groups attached to an aromatic ring is 1. The summed E-state index contributed by atoms with van der Waals surface area (Å²) in [6.45, 7) is 0. The maximum Gasteiger partial charge on any atom is 0.416 e. The molecule has 0 atom stereocenters. The molecule has 1 saturated carbocycles. The molecule has 148 valence electrons. The quantitative estimate of drug-likeness (QED) is 0.567. The largest absolute Gasteiger partial charge is 0.507 e. The van der Waals surface area contributed by atoms with Crippen LogP contribution in [0.1, 0.15) is 31.2 Å². The molecule has 2 aromatic carbocycles. The SMILES string of the molecule is Nc1nnc(-c2ccc(C(F)(F)F)cc2O)c2ccccc12.OC1CCCC1. The van der Waals surface area contributed by atoms with Crippen LogP contribution in [0, 0.1) is 0 Å². The molecule has 4 rings (SSSR count). The van der Waals surface area contributed by atoms with Crippen LogP contribution >= 0.6 is 0 Å². The minimum atomic E-state index is -4.52. The number of aromatic nitrogens is 2. The molecule has 8 heteroatoms. The van der Waals surface area contributed by atoms with E-state index in [4.69, 9.17) is 10.8 Å². The molecular weight excluding hydrogens is 371 g/mol. The summed E-state index contributed by atoms with van der Waals surface area (Å²) in [5.41, 5.74) is 5.25. The van der Waals surface area contributed by atoms with Crippen molar-refractivity contribution in [2.24, 2.45) is 0 Å². The summed E-state index contributed by atoms with van der Waals surface area (Å²) in [5.74, 6) is -0.301. The smallest absolute Gasteiger partial charge is 0.416 e. The number of nitrogens with two attached hydrogens (primary N) is 1. The van der Waals surface area contributed by atoms with Crippen molar-refractivity contribution in [1.82, 2.24) is 10.2 Å². The van der Waals surface area contributed by atoms with E-state index in [-0.39, 0.29) is 23.2 Å². The summed E-state index contributed by atoms with van der Waals surface area (Å²) in [5, 5.41) is 27.6. The lowest BCUT2D eigenvalue weighted by molar-refractivity contribution is -0.137. The molecule has 0 unspecified atom stereocenters. The summed E-state index contributed by atoms with van der Waals surface area (Å²) in [4.78, 5) is 0. The van der Waals surface area contributed by atoms with Gasteiger partial charge < -0.3 is 15.9 Å². The summed E-state index contributed by atoms with van der Waals surface area (Å²) in [6.07, 6.45) is 0.0812. The summed E-state index contributed by atoms with van der Waals surface area (Å²) < 4.78 is 38.0. The first-order chi connectivity index (χ1) is 13.3. The van der Waals surface area contributed by atoms with Gasteiger partial charge in [0.2, 0.25) is 0 Å². The van der Waals surface area contributed by atoms with Crippen molar-refractivity contribution >= 4 is 16.6 Å². The Morgan fingerprint density at radius 3 is 2.14 bits per heavy atom. The fourth-order valence-corrected chi connectivity index (χ4v) is 3.14. The molecular formula is C20H20F3N3O2. The van der Waals surface area contributed by atoms with Crippen LogP contribution in [0.2, 0.25) is 0 Å². The number of hydrogen-bond acceptors (Lipinski definition) is 5. The Balaban J connectivity index is 0.000000320. The number of benzene rings is 2. The van der Waals surface area contributed by atoms with Gasteiger partial charge >= 0.3 is 6.18 Å². The van der Waals surface area contributed by atoms with Gasteiger partial charge in [0.25, 0.3) is 0 Å². The Bertz CT molecular complexity index is 971. The highest BCUT2D eigenvalue weighted by Gasteiger charge is 2.31. The zero-order valence-electron chi connectivity index (χ0n) is 14.9. The second-order valence-corrected chi connectivity index (χ2v) is 6.65. The van der Waals surface area contributed by atoms with E-state index in [2.05, 4.69) is 10.2 Å². The molecule has 0 amide bonds. The Morgan fingerprint density at radius 2 is 1.61 bits per heavy atom. The van der Waals surface area contributed by atoms with E-state index >= 15 is 0 Å². The third-order valence-corrected chi connectivity index (χ3v) is 4.62. The van der Waals surface area contributed by atoms with E-state index in [1.807, 2.05) is 0 Å². The number of aliphatic hydroxyl groups excluding tert-OH is 1. The number of fused-ring (bicyclic) bond motifs is 1. The minimum absolute atomic E-state index is 0.0463. The van der Waals surface area contributed by atoms with Crippen LogP contribution in [0.3, 0.4) is 0 Å². The molecule has 28 heavy (non-hydrogen) atoms. The number of hydrogen-bond donors (Lipinski definition) is 3. The van der Waals surface area contributed by atoms with Gasteiger partial charge in [0, 0.05) is 16.3 Å². The monoisotopic (exact) mass is 391 g/mol. The summed E-state index contributed by atoms with van der Waals surface area (Å²) in [6, 6.07) is 9.68. The molecule has 1 aliphatic rings. The van der Waals surface area contributed by atoms with E-state index in [0.717, 1.165) is 18.9 Å². The van der Waals surface area contributed by atoms with E-state index in [1.54, 1.807) is 24.3 Å². The molecule has 0 radical (unpaired) electrons. The number of aromatic hydroxyl groups is 1. The van der Waals surface area contributed by atoms with Crippen molar-refractivity contribution < 1.29 is 23.4 Å². The topological polar surface area (TPSA) is 92.3 Å². The zero-order chi connectivity index (χ0) is 20.3. The second-order valence-electron chi connectivity index (χ2n) is 6.65. The van der Waals surface area contributed by atoms with Crippen molar-refractivity contribution in [3.05, 3.63) is 48.0 Å². The van der Waals surface area contributed by atoms with Gasteiger partial charge in [0.15, 0.2) is 5.82 Å². The van der Waals surface area contributed by atoms with Crippen molar-refractivity contribution in [3.8, 4) is 17.0 Å². The molecule has 0 spiro atoms. The maximum atomic E-state index is 12.7. The van der Waals surface area contributed by atoms with Gasteiger partial charge in [0.05, 0.1) is 11.7 Å².